The Morgan fingerprint density at radius 2 is 1.95 bits per heavy atom. The standard InChI is InChI=1S/C15H23N3S/c16-9-8-14-4-6-15(7-5-14)17-19-13-3-12-18-10-1-2-11-18/h4-7,9,16-17H,1-3,8,10-13H2. The highest BCUT2D eigenvalue weighted by Crippen LogP contribution is 2.15. The number of benzene rings is 1. The second-order valence-electron chi connectivity index (χ2n) is 4.96. The van der Waals surface area contributed by atoms with Gasteiger partial charge in [-0.3, -0.25) is 0 Å². The van der Waals surface area contributed by atoms with E-state index in [-0.39, 0.29) is 0 Å². The number of nitrogens with one attached hydrogen (secondary N) is 2. The van der Waals surface area contributed by atoms with Crippen LogP contribution in [0.1, 0.15) is 24.8 Å². The summed E-state index contributed by atoms with van der Waals surface area (Å²) in [6.07, 6.45) is 6.18. The highest BCUT2D eigenvalue weighted by molar-refractivity contribution is 8.00. The number of nitrogens with zero attached hydrogens (tertiary/aromatic N) is 1. The van der Waals surface area contributed by atoms with Crippen LogP contribution in [0.3, 0.4) is 0 Å². The molecule has 104 valence electrons. The molecule has 19 heavy (non-hydrogen) atoms. The van der Waals surface area contributed by atoms with E-state index in [1.807, 2.05) is 0 Å². The van der Waals surface area contributed by atoms with E-state index in [1.54, 1.807) is 11.9 Å². The first-order chi connectivity index (χ1) is 9.38. The number of likely N-dealkylation sites (tertiary alicyclic amines) is 1. The van der Waals surface area contributed by atoms with Gasteiger partial charge in [0.05, 0.1) is 0 Å². The Morgan fingerprint density at radius 1 is 1.21 bits per heavy atom. The van der Waals surface area contributed by atoms with Crippen molar-refractivity contribution in [3.63, 3.8) is 0 Å². The number of hydrogen-bond acceptors (Lipinski definition) is 4. The van der Waals surface area contributed by atoms with Crippen LogP contribution in [0.15, 0.2) is 24.3 Å². The van der Waals surface area contributed by atoms with Gasteiger partial charge < -0.3 is 15.0 Å². The molecule has 1 fully saturated rings. The molecule has 0 spiro atoms. The predicted molar refractivity (Wildman–Crippen MR) is 85.3 cm³/mol. The Bertz CT molecular complexity index is 371. The Hall–Kier alpha value is -1.00. The van der Waals surface area contributed by atoms with Crippen molar-refractivity contribution in [2.24, 2.45) is 0 Å². The van der Waals surface area contributed by atoms with Gasteiger partial charge >= 0.3 is 0 Å². The van der Waals surface area contributed by atoms with E-state index in [4.69, 9.17) is 5.41 Å². The van der Waals surface area contributed by atoms with E-state index in [2.05, 4.69) is 33.9 Å². The monoisotopic (exact) mass is 277 g/mol. The van der Waals surface area contributed by atoms with Gasteiger partial charge in [0.15, 0.2) is 0 Å². The lowest BCUT2D eigenvalue weighted by Crippen LogP contribution is -2.20. The number of hydrogen-bond donors (Lipinski definition) is 2. The van der Waals surface area contributed by atoms with Crippen molar-refractivity contribution in [3.8, 4) is 0 Å². The molecule has 1 saturated heterocycles. The Labute approximate surface area is 120 Å². The van der Waals surface area contributed by atoms with Crippen molar-refractivity contribution < 1.29 is 0 Å². The van der Waals surface area contributed by atoms with Gasteiger partial charge in [0, 0.05) is 17.9 Å². The summed E-state index contributed by atoms with van der Waals surface area (Å²) >= 11 is 1.79. The average Bonchev–Trinajstić information content (AvgIpc) is 2.94. The van der Waals surface area contributed by atoms with Crippen LogP contribution in [0.4, 0.5) is 5.69 Å². The van der Waals surface area contributed by atoms with Crippen LogP contribution in [0.25, 0.3) is 0 Å². The van der Waals surface area contributed by atoms with Crippen LogP contribution < -0.4 is 4.72 Å². The van der Waals surface area contributed by atoms with Gasteiger partial charge in [0.1, 0.15) is 0 Å². The molecule has 1 aliphatic heterocycles. The molecule has 0 atom stereocenters. The fraction of sp³-hybridized carbons (Fsp3) is 0.533. The van der Waals surface area contributed by atoms with Crippen LogP contribution in [0.5, 0.6) is 0 Å². The molecule has 0 unspecified atom stereocenters. The van der Waals surface area contributed by atoms with Gasteiger partial charge in [-0.25, -0.2) is 0 Å². The summed E-state index contributed by atoms with van der Waals surface area (Å²) in [5.74, 6) is 1.15. The summed E-state index contributed by atoms with van der Waals surface area (Å²) in [5.41, 5.74) is 2.35. The van der Waals surface area contributed by atoms with Crippen LogP contribution >= 0.6 is 11.9 Å². The first kappa shape index (κ1) is 14.4. The van der Waals surface area contributed by atoms with Gasteiger partial charge in [-0.05, 0) is 62.8 Å². The SMILES string of the molecule is N=CCc1ccc(NSCCCN2CCCC2)cc1. The van der Waals surface area contributed by atoms with E-state index in [1.165, 1.54) is 50.7 Å². The zero-order chi connectivity index (χ0) is 13.3. The smallest absolute Gasteiger partial charge is 0.0440 e. The van der Waals surface area contributed by atoms with Gasteiger partial charge in [-0.15, -0.1) is 0 Å². The Balaban J connectivity index is 1.58. The van der Waals surface area contributed by atoms with Crippen molar-refractivity contribution >= 4 is 23.8 Å². The van der Waals surface area contributed by atoms with Gasteiger partial charge in [0.2, 0.25) is 0 Å². The lowest BCUT2D eigenvalue weighted by atomic mass is 10.1. The topological polar surface area (TPSA) is 39.1 Å². The summed E-state index contributed by atoms with van der Waals surface area (Å²) in [7, 11) is 0. The molecule has 1 heterocycles. The lowest BCUT2D eigenvalue weighted by Gasteiger charge is -2.13. The lowest BCUT2D eigenvalue weighted by molar-refractivity contribution is 0.341. The van der Waals surface area contributed by atoms with E-state index < -0.39 is 0 Å². The van der Waals surface area contributed by atoms with Crippen molar-refractivity contribution in [2.75, 3.05) is 30.1 Å². The fourth-order valence-corrected chi connectivity index (χ4v) is 3.01. The largest absolute Gasteiger partial charge is 0.330 e. The van der Waals surface area contributed by atoms with Gasteiger partial charge in [0.25, 0.3) is 0 Å². The predicted octanol–water partition coefficient (Wildman–Crippen LogP) is 3.42. The minimum absolute atomic E-state index is 0.725. The quantitative estimate of drug-likeness (QED) is 0.434. The molecule has 2 rings (SSSR count). The molecule has 0 radical (unpaired) electrons. The molecule has 1 aromatic rings. The van der Waals surface area contributed by atoms with Crippen molar-refractivity contribution in [1.82, 2.24) is 4.90 Å². The number of rotatable bonds is 8. The molecule has 0 bridgehead atoms. The van der Waals surface area contributed by atoms with Crippen LogP contribution in [0, 0.1) is 5.41 Å². The summed E-state index contributed by atoms with van der Waals surface area (Å²) in [6.45, 7) is 3.84. The fourth-order valence-electron chi connectivity index (χ4n) is 2.33. The third-order valence-corrected chi connectivity index (χ3v) is 4.27. The zero-order valence-electron chi connectivity index (χ0n) is 11.4. The van der Waals surface area contributed by atoms with Crippen LogP contribution in [0.2, 0.25) is 0 Å². The molecule has 1 aromatic carbocycles. The molecule has 0 amide bonds. The highest BCUT2D eigenvalue weighted by atomic mass is 32.2. The number of anilines is 1. The van der Waals surface area contributed by atoms with Crippen LogP contribution in [-0.2, 0) is 6.42 Å². The highest BCUT2D eigenvalue weighted by Gasteiger charge is 2.09. The summed E-state index contributed by atoms with van der Waals surface area (Å²) in [5, 5.41) is 7.07. The molecule has 1 aliphatic rings. The Kier molecular flexibility index (Phi) is 6.24. The molecule has 0 aromatic heterocycles. The van der Waals surface area contributed by atoms with Gasteiger partial charge in [-0.1, -0.05) is 24.1 Å². The summed E-state index contributed by atoms with van der Waals surface area (Å²) in [4.78, 5) is 2.56. The maximum absolute atomic E-state index is 7.07. The van der Waals surface area contributed by atoms with E-state index >= 15 is 0 Å². The molecule has 0 aliphatic carbocycles. The summed E-state index contributed by atoms with van der Waals surface area (Å²) < 4.78 is 3.38. The Morgan fingerprint density at radius 3 is 2.63 bits per heavy atom. The molecular formula is C15H23N3S. The first-order valence-corrected chi connectivity index (χ1v) is 8.05. The van der Waals surface area contributed by atoms with E-state index in [9.17, 15) is 0 Å². The second-order valence-corrected chi connectivity index (χ2v) is 5.86. The maximum atomic E-state index is 7.07. The minimum Gasteiger partial charge on any atom is -0.330 e. The van der Waals surface area contributed by atoms with E-state index in [0.29, 0.717) is 0 Å². The molecule has 2 N–H and O–H groups in total. The van der Waals surface area contributed by atoms with Crippen LogP contribution in [-0.4, -0.2) is 36.5 Å². The van der Waals surface area contributed by atoms with Crippen molar-refractivity contribution in [1.29, 1.82) is 5.41 Å². The molecule has 0 saturated carbocycles. The second kappa shape index (κ2) is 8.23. The van der Waals surface area contributed by atoms with E-state index in [0.717, 1.165) is 17.9 Å². The third kappa shape index (κ3) is 5.25. The van der Waals surface area contributed by atoms with Crippen molar-refractivity contribution in [2.45, 2.75) is 25.7 Å². The third-order valence-electron chi connectivity index (χ3n) is 3.40. The normalized spacial score (nSPS) is 15.6. The summed E-state index contributed by atoms with van der Waals surface area (Å²) in [6, 6.07) is 8.34. The van der Waals surface area contributed by atoms with Gasteiger partial charge in [-0.2, -0.15) is 0 Å². The average molecular weight is 277 g/mol. The molecule has 3 nitrogen and oxygen atoms in total. The first-order valence-electron chi connectivity index (χ1n) is 7.06. The zero-order valence-corrected chi connectivity index (χ0v) is 12.2. The minimum atomic E-state index is 0.725. The molecular weight excluding hydrogens is 254 g/mol. The maximum Gasteiger partial charge on any atom is 0.0440 e. The van der Waals surface area contributed by atoms with Crippen molar-refractivity contribution in [3.05, 3.63) is 29.8 Å². The molecule has 4 heteroatoms.